The third-order valence-corrected chi connectivity index (χ3v) is 4.17. The summed E-state index contributed by atoms with van der Waals surface area (Å²) in [5.41, 5.74) is 0. The van der Waals surface area contributed by atoms with Crippen molar-refractivity contribution < 1.29 is 24.5 Å². The van der Waals surface area contributed by atoms with Crippen molar-refractivity contribution in [2.24, 2.45) is 0 Å². The van der Waals surface area contributed by atoms with Crippen LogP contribution < -0.4 is 0 Å². The Labute approximate surface area is 147 Å². The van der Waals surface area contributed by atoms with Gasteiger partial charge in [0.05, 0.1) is 12.7 Å². The summed E-state index contributed by atoms with van der Waals surface area (Å²) in [4.78, 5) is 11.2. The second-order valence-corrected chi connectivity index (χ2v) is 6.40. The van der Waals surface area contributed by atoms with E-state index in [0.717, 1.165) is 19.3 Å². The molecule has 24 heavy (non-hydrogen) atoms. The molecule has 0 saturated carbocycles. The molecule has 0 spiro atoms. The second kappa shape index (κ2) is 17.2. The minimum absolute atomic E-state index is 0.0119. The maximum atomic E-state index is 11.2. The van der Waals surface area contributed by atoms with Gasteiger partial charge in [0, 0.05) is 6.61 Å². The van der Waals surface area contributed by atoms with Gasteiger partial charge in [-0.1, -0.05) is 71.6 Å². The van der Waals surface area contributed by atoms with Crippen molar-refractivity contribution in [3.05, 3.63) is 0 Å². The highest BCUT2D eigenvalue weighted by Gasteiger charge is 2.22. The van der Waals surface area contributed by atoms with E-state index in [0.29, 0.717) is 6.42 Å². The number of aliphatic carboxylic acids is 1. The smallest absolute Gasteiger partial charge is 0.361 e. The summed E-state index contributed by atoms with van der Waals surface area (Å²) in [6.45, 7) is 4.42. The molecule has 0 heterocycles. The van der Waals surface area contributed by atoms with E-state index >= 15 is 0 Å². The highest BCUT2D eigenvalue weighted by molar-refractivity contribution is 5.70. The van der Waals surface area contributed by atoms with Crippen LogP contribution in [0.4, 0.5) is 0 Å². The first-order valence-corrected chi connectivity index (χ1v) is 9.76. The standard InChI is InChI=1S/C19H38O5/c1-3-5-6-7-8-9-10-11-12-14-17(4-2)24-19(18(21)22)23-16-13-15-20/h17,19-20H,3-16H2,1-2H3,(H,21,22). The van der Waals surface area contributed by atoms with Crippen LogP contribution in [0.15, 0.2) is 0 Å². The number of carboxylic acid groups (broad SMARTS) is 1. The van der Waals surface area contributed by atoms with Crippen LogP contribution in [0.1, 0.15) is 90.9 Å². The number of carboxylic acids is 1. The van der Waals surface area contributed by atoms with Crippen LogP contribution >= 0.6 is 0 Å². The quantitative estimate of drug-likeness (QED) is 0.282. The van der Waals surface area contributed by atoms with Crippen LogP contribution in [0.2, 0.25) is 0 Å². The average Bonchev–Trinajstić information content (AvgIpc) is 2.57. The van der Waals surface area contributed by atoms with Gasteiger partial charge < -0.3 is 19.7 Å². The summed E-state index contributed by atoms with van der Waals surface area (Å²) in [7, 11) is 0. The Morgan fingerprint density at radius 2 is 1.50 bits per heavy atom. The van der Waals surface area contributed by atoms with Crippen LogP contribution in [0, 0.1) is 0 Å². The van der Waals surface area contributed by atoms with Crippen molar-refractivity contribution >= 4 is 5.97 Å². The first-order valence-electron chi connectivity index (χ1n) is 9.76. The molecule has 0 fully saturated rings. The Morgan fingerprint density at radius 1 is 0.917 bits per heavy atom. The predicted molar refractivity (Wildman–Crippen MR) is 96.1 cm³/mol. The molecule has 0 aliphatic heterocycles. The summed E-state index contributed by atoms with van der Waals surface area (Å²) in [5, 5.41) is 17.9. The van der Waals surface area contributed by atoms with E-state index in [-0.39, 0.29) is 19.3 Å². The lowest BCUT2D eigenvalue weighted by Crippen LogP contribution is -2.32. The number of aliphatic hydroxyl groups excluding tert-OH is 1. The second-order valence-electron chi connectivity index (χ2n) is 6.40. The summed E-state index contributed by atoms with van der Waals surface area (Å²) < 4.78 is 10.8. The molecule has 5 nitrogen and oxygen atoms in total. The summed E-state index contributed by atoms with van der Waals surface area (Å²) in [6, 6.07) is 0. The molecule has 0 radical (unpaired) electrons. The highest BCUT2D eigenvalue weighted by Crippen LogP contribution is 2.15. The van der Waals surface area contributed by atoms with Gasteiger partial charge >= 0.3 is 5.97 Å². The molecule has 2 N–H and O–H groups in total. The van der Waals surface area contributed by atoms with E-state index in [1.807, 2.05) is 6.92 Å². The maximum absolute atomic E-state index is 11.2. The van der Waals surface area contributed by atoms with Crippen molar-refractivity contribution in [1.82, 2.24) is 0 Å². The Balaban J connectivity index is 3.77. The molecule has 0 saturated heterocycles. The van der Waals surface area contributed by atoms with E-state index in [1.54, 1.807) is 0 Å². The molecule has 0 aromatic carbocycles. The van der Waals surface area contributed by atoms with Gasteiger partial charge in [-0.15, -0.1) is 0 Å². The molecule has 0 bridgehead atoms. The zero-order valence-corrected chi connectivity index (χ0v) is 15.7. The third-order valence-electron chi connectivity index (χ3n) is 4.17. The lowest BCUT2D eigenvalue weighted by atomic mass is 10.0. The fraction of sp³-hybridized carbons (Fsp3) is 0.947. The first kappa shape index (κ1) is 23.4. The number of carbonyl (C=O) groups is 1. The predicted octanol–water partition coefficient (Wildman–Crippen LogP) is 4.51. The Hall–Kier alpha value is -0.650. The van der Waals surface area contributed by atoms with E-state index in [1.165, 1.54) is 51.4 Å². The highest BCUT2D eigenvalue weighted by atomic mass is 16.7. The van der Waals surface area contributed by atoms with Crippen molar-refractivity contribution in [3.63, 3.8) is 0 Å². The van der Waals surface area contributed by atoms with E-state index in [9.17, 15) is 4.79 Å². The largest absolute Gasteiger partial charge is 0.477 e. The number of aliphatic hydroxyl groups is 1. The lowest BCUT2D eigenvalue weighted by molar-refractivity contribution is -0.203. The molecule has 0 amide bonds. The van der Waals surface area contributed by atoms with Gasteiger partial charge in [0.1, 0.15) is 0 Å². The van der Waals surface area contributed by atoms with Gasteiger partial charge in [-0.3, -0.25) is 0 Å². The Bertz CT molecular complexity index is 283. The number of unbranched alkanes of at least 4 members (excludes halogenated alkanes) is 8. The SMILES string of the molecule is CCCCCCCCCCCC(CC)OC(OCCCO)C(=O)O. The molecular formula is C19H38O5. The Kier molecular flexibility index (Phi) is 16.7. The van der Waals surface area contributed by atoms with E-state index in [2.05, 4.69) is 6.92 Å². The molecule has 2 atom stereocenters. The van der Waals surface area contributed by atoms with Crippen LogP contribution in [0.3, 0.4) is 0 Å². The molecule has 0 aromatic heterocycles. The Morgan fingerprint density at radius 3 is 2.00 bits per heavy atom. The van der Waals surface area contributed by atoms with E-state index < -0.39 is 12.3 Å². The van der Waals surface area contributed by atoms with Crippen molar-refractivity contribution in [1.29, 1.82) is 0 Å². The molecular weight excluding hydrogens is 308 g/mol. The third kappa shape index (κ3) is 13.8. The van der Waals surface area contributed by atoms with Crippen LogP contribution in [0.25, 0.3) is 0 Å². The van der Waals surface area contributed by atoms with Crippen LogP contribution in [-0.2, 0) is 14.3 Å². The van der Waals surface area contributed by atoms with Gasteiger partial charge in [-0.25, -0.2) is 4.79 Å². The minimum Gasteiger partial charge on any atom is -0.477 e. The topological polar surface area (TPSA) is 76.0 Å². The fourth-order valence-electron chi connectivity index (χ4n) is 2.65. The monoisotopic (exact) mass is 346 g/mol. The average molecular weight is 347 g/mol. The molecule has 0 aromatic rings. The normalized spacial score (nSPS) is 13.8. The molecule has 2 unspecified atom stereocenters. The molecule has 0 aliphatic rings. The van der Waals surface area contributed by atoms with Crippen molar-refractivity contribution in [2.45, 2.75) is 103 Å². The first-order chi connectivity index (χ1) is 11.7. The molecule has 0 rings (SSSR count). The van der Waals surface area contributed by atoms with Crippen molar-refractivity contribution in [3.8, 4) is 0 Å². The van der Waals surface area contributed by atoms with Gasteiger partial charge in [-0.05, 0) is 19.3 Å². The van der Waals surface area contributed by atoms with Gasteiger partial charge in [0.25, 0.3) is 6.29 Å². The van der Waals surface area contributed by atoms with Crippen LogP contribution in [0.5, 0.6) is 0 Å². The molecule has 0 aliphatic carbocycles. The number of hydrogen-bond acceptors (Lipinski definition) is 4. The zero-order chi connectivity index (χ0) is 18.0. The van der Waals surface area contributed by atoms with Gasteiger partial charge in [0.2, 0.25) is 0 Å². The number of hydrogen-bond donors (Lipinski definition) is 2. The van der Waals surface area contributed by atoms with Gasteiger partial charge in [0.15, 0.2) is 0 Å². The molecule has 5 heteroatoms. The number of rotatable bonds is 18. The summed E-state index contributed by atoms with van der Waals surface area (Å²) in [5.74, 6) is -1.10. The number of ether oxygens (including phenoxy) is 2. The van der Waals surface area contributed by atoms with E-state index in [4.69, 9.17) is 19.7 Å². The molecule has 144 valence electrons. The fourth-order valence-corrected chi connectivity index (χ4v) is 2.65. The van der Waals surface area contributed by atoms with Crippen LogP contribution in [-0.4, -0.2) is 41.8 Å². The summed E-state index contributed by atoms with van der Waals surface area (Å²) >= 11 is 0. The summed E-state index contributed by atoms with van der Waals surface area (Å²) in [6.07, 6.45) is 12.2. The minimum atomic E-state index is -1.22. The zero-order valence-electron chi connectivity index (χ0n) is 15.7. The lowest BCUT2D eigenvalue weighted by Gasteiger charge is -2.21. The van der Waals surface area contributed by atoms with Crippen molar-refractivity contribution in [2.75, 3.05) is 13.2 Å². The maximum Gasteiger partial charge on any atom is 0.361 e. The van der Waals surface area contributed by atoms with Gasteiger partial charge in [-0.2, -0.15) is 0 Å².